The van der Waals surface area contributed by atoms with E-state index in [0.717, 1.165) is 12.8 Å². The van der Waals surface area contributed by atoms with Crippen LogP contribution in [0, 0.1) is 0 Å². The lowest BCUT2D eigenvalue weighted by Crippen LogP contribution is -2.32. The van der Waals surface area contributed by atoms with Gasteiger partial charge in [0.1, 0.15) is 6.10 Å². The molecule has 0 saturated carbocycles. The van der Waals surface area contributed by atoms with Crippen LogP contribution in [0.25, 0.3) is 0 Å². The normalized spacial score (nSPS) is 18.2. The quantitative estimate of drug-likeness (QED) is 0.517. The molecular formula is C9H20O4. The molecule has 4 heteroatoms. The highest BCUT2D eigenvalue weighted by Gasteiger charge is 2.18. The molecule has 80 valence electrons. The van der Waals surface area contributed by atoms with Gasteiger partial charge in [-0.05, 0) is 12.8 Å². The molecule has 3 N–H and O–H groups in total. The lowest BCUT2D eigenvalue weighted by molar-refractivity contribution is -0.241. The molecule has 3 atom stereocenters. The minimum absolute atomic E-state index is 0.400. The molecule has 0 bridgehead atoms. The van der Waals surface area contributed by atoms with Crippen molar-refractivity contribution in [3.63, 3.8) is 0 Å². The Bertz CT molecular complexity index is 118. The van der Waals surface area contributed by atoms with E-state index < -0.39 is 18.7 Å². The SMILES string of the molecule is CCCCC(O)C(O)OC(O)CC. The third kappa shape index (κ3) is 5.99. The average Bonchev–Trinajstić information content (AvgIpc) is 2.13. The third-order valence-corrected chi connectivity index (χ3v) is 1.83. The van der Waals surface area contributed by atoms with E-state index >= 15 is 0 Å². The summed E-state index contributed by atoms with van der Waals surface area (Å²) < 4.78 is 4.72. The molecular weight excluding hydrogens is 172 g/mol. The number of aliphatic hydroxyl groups is 3. The molecule has 4 nitrogen and oxygen atoms in total. The first-order valence-corrected chi connectivity index (χ1v) is 4.81. The van der Waals surface area contributed by atoms with E-state index in [9.17, 15) is 10.2 Å². The van der Waals surface area contributed by atoms with Crippen molar-refractivity contribution in [2.75, 3.05) is 0 Å². The lowest BCUT2D eigenvalue weighted by atomic mass is 10.1. The smallest absolute Gasteiger partial charge is 0.183 e. The first kappa shape index (κ1) is 12.8. The van der Waals surface area contributed by atoms with Crippen molar-refractivity contribution in [1.29, 1.82) is 0 Å². The zero-order chi connectivity index (χ0) is 10.3. The largest absolute Gasteiger partial charge is 0.388 e. The molecule has 0 rings (SSSR count). The van der Waals surface area contributed by atoms with Crippen LogP contribution in [0.5, 0.6) is 0 Å². The fraction of sp³-hybridized carbons (Fsp3) is 1.00. The van der Waals surface area contributed by atoms with Gasteiger partial charge in [0.15, 0.2) is 12.6 Å². The standard InChI is InChI=1S/C9H20O4/c1-3-5-6-7(10)9(12)13-8(11)4-2/h7-12H,3-6H2,1-2H3. The van der Waals surface area contributed by atoms with Crippen LogP contribution >= 0.6 is 0 Å². The van der Waals surface area contributed by atoms with Gasteiger partial charge in [0.2, 0.25) is 0 Å². The monoisotopic (exact) mass is 192 g/mol. The predicted octanol–water partition coefficient (Wildman–Crippen LogP) is 0.601. The highest BCUT2D eigenvalue weighted by atomic mass is 16.7. The summed E-state index contributed by atoms with van der Waals surface area (Å²) in [7, 11) is 0. The van der Waals surface area contributed by atoms with Crippen molar-refractivity contribution in [2.45, 2.75) is 58.2 Å². The Morgan fingerprint density at radius 1 is 1.15 bits per heavy atom. The maximum absolute atomic E-state index is 9.31. The fourth-order valence-corrected chi connectivity index (χ4v) is 0.904. The highest BCUT2D eigenvalue weighted by molar-refractivity contribution is 4.58. The Morgan fingerprint density at radius 3 is 2.23 bits per heavy atom. The minimum atomic E-state index is -1.28. The molecule has 0 amide bonds. The first-order valence-electron chi connectivity index (χ1n) is 4.81. The molecule has 0 aromatic carbocycles. The van der Waals surface area contributed by atoms with Gasteiger partial charge in [-0.1, -0.05) is 26.7 Å². The molecule has 0 aromatic rings. The van der Waals surface area contributed by atoms with Crippen LogP contribution in [-0.4, -0.2) is 34.0 Å². The number of rotatable bonds is 7. The molecule has 0 radical (unpaired) electrons. The van der Waals surface area contributed by atoms with E-state index in [2.05, 4.69) is 0 Å². The van der Waals surface area contributed by atoms with E-state index in [0.29, 0.717) is 12.8 Å². The van der Waals surface area contributed by atoms with Gasteiger partial charge in [-0.3, -0.25) is 0 Å². The van der Waals surface area contributed by atoms with Crippen LogP contribution in [0.15, 0.2) is 0 Å². The van der Waals surface area contributed by atoms with Crippen molar-refractivity contribution in [3.8, 4) is 0 Å². The molecule has 0 aromatic heterocycles. The van der Waals surface area contributed by atoms with Gasteiger partial charge < -0.3 is 20.1 Å². The second-order valence-electron chi connectivity index (χ2n) is 3.10. The molecule has 0 spiro atoms. The summed E-state index contributed by atoms with van der Waals surface area (Å²) in [5, 5.41) is 27.5. The topological polar surface area (TPSA) is 69.9 Å². The number of hydrogen-bond acceptors (Lipinski definition) is 4. The van der Waals surface area contributed by atoms with Crippen molar-refractivity contribution < 1.29 is 20.1 Å². The Morgan fingerprint density at radius 2 is 1.77 bits per heavy atom. The summed E-state index contributed by atoms with van der Waals surface area (Å²) in [5.41, 5.74) is 0. The van der Waals surface area contributed by atoms with E-state index in [-0.39, 0.29) is 0 Å². The zero-order valence-electron chi connectivity index (χ0n) is 8.31. The first-order chi connectivity index (χ1) is 6.11. The van der Waals surface area contributed by atoms with Crippen LogP contribution in [-0.2, 0) is 4.74 Å². The van der Waals surface area contributed by atoms with Crippen LogP contribution in [0.4, 0.5) is 0 Å². The van der Waals surface area contributed by atoms with Crippen molar-refractivity contribution in [3.05, 3.63) is 0 Å². The molecule has 0 heterocycles. The van der Waals surface area contributed by atoms with Crippen LogP contribution in [0.2, 0.25) is 0 Å². The van der Waals surface area contributed by atoms with Gasteiger partial charge in [0.05, 0.1) is 0 Å². The van der Waals surface area contributed by atoms with Crippen LogP contribution in [0.1, 0.15) is 39.5 Å². The second-order valence-corrected chi connectivity index (χ2v) is 3.10. The summed E-state index contributed by atoms with van der Waals surface area (Å²) in [6, 6.07) is 0. The Kier molecular flexibility index (Phi) is 7.17. The summed E-state index contributed by atoms with van der Waals surface area (Å²) in [6.45, 7) is 3.73. The van der Waals surface area contributed by atoms with Gasteiger partial charge in [0.25, 0.3) is 0 Å². The number of aliphatic hydroxyl groups excluding tert-OH is 3. The van der Waals surface area contributed by atoms with Crippen molar-refractivity contribution >= 4 is 0 Å². The van der Waals surface area contributed by atoms with Crippen molar-refractivity contribution in [2.24, 2.45) is 0 Å². The van der Waals surface area contributed by atoms with E-state index in [1.54, 1.807) is 6.92 Å². The van der Waals surface area contributed by atoms with Gasteiger partial charge in [-0.2, -0.15) is 0 Å². The van der Waals surface area contributed by atoms with E-state index in [1.807, 2.05) is 6.92 Å². The second kappa shape index (κ2) is 7.26. The molecule has 0 aliphatic rings. The summed E-state index contributed by atoms with van der Waals surface area (Å²) in [4.78, 5) is 0. The lowest BCUT2D eigenvalue weighted by Gasteiger charge is -2.20. The maximum atomic E-state index is 9.31. The summed E-state index contributed by atoms with van der Waals surface area (Å²) in [5.74, 6) is 0. The Balaban J connectivity index is 3.61. The molecule has 13 heavy (non-hydrogen) atoms. The third-order valence-electron chi connectivity index (χ3n) is 1.83. The van der Waals surface area contributed by atoms with Gasteiger partial charge in [-0.25, -0.2) is 0 Å². The molecule has 0 saturated heterocycles. The van der Waals surface area contributed by atoms with E-state index in [1.165, 1.54) is 0 Å². The van der Waals surface area contributed by atoms with Crippen LogP contribution < -0.4 is 0 Å². The summed E-state index contributed by atoms with van der Waals surface area (Å²) >= 11 is 0. The Hall–Kier alpha value is -0.160. The predicted molar refractivity (Wildman–Crippen MR) is 48.9 cm³/mol. The fourth-order valence-electron chi connectivity index (χ4n) is 0.904. The van der Waals surface area contributed by atoms with E-state index in [4.69, 9.17) is 9.84 Å². The van der Waals surface area contributed by atoms with Gasteiger partial charge >= 0.3 is 0 Å². The van der Waals surface area contributed by atoms with Crippen LogP contribution in [0.3, 0.4) is 0 Å². The summed E-state index contributed by atoms with van der Waals surface area (Å²) in [6.07, 6.45) is -0.482. The molecule has 3 unspecified atom stereocenters. The van der Waals surface area contributed by atoms with Gasteiger partial charge in [-0.15, -0.1) is 0 Å². The highest BCUT2D eigenvalue weighted by Crippen LogP contribution is 2.08. The molecule has 0 aliphatic heterocycles. The van der Waals surface area contributed by atoms with Crippen molar-refractivity contribution in [1.82, 2.24) is 0 Å². The Labute approximate surface area is 79.2 Å². The number of ether oxygens (including phenoxy) is 1. The van der Waals surface area contributed by atoms with Gasteiger partial charge in [0, 0.05) is 0 Å². The average molecular weight is 192 g/mol. The maximum Gasteiger partial charge on any atom is 0.183 e. The number of hydrogen-bond donors (Lipinski definition) is 3. The molecule has 0 aliphatic carbocycles. The minimum Gasteiger partial charge on any atom is -0.388 e. The number of unbranched alkanes of at least 4 members (excludes halogenated alkanes) is 1. The zero-order valence-corrected chi connectivity index (χ0v) is 8.31. The molecule has 0 fully saturated rings.